The smallest absolute Gasteiger partial charge is 0.0702 e. The van der Waals surface area contributed by atoms with Crippen LogP contribution < -0.4 is 4.90 Å². The van der Waals surface area contributed by atoms with E-state index in [4.69, 9.17) is 11.6 Å². The summed E-state index contributed by atoms with van der Waals surface area (Å²) in [6.07, 6.45) is 2.60. The molecule has 0 saturated carbocycles. The minimum Gasteiger partial charge on any atom is -0.392 e. The molecule has 0 spiro atoms. The first kappa shape index (κ1) is 13.2. The normalized spacial score (nSPS) is 27.6. The van der Waals surface area contributed by atoms with E-state index in [0.29, 0.717) is 12.1 Å². The number of piperazine rings is 1. The van der Waals surface area contributed by atoms with Gasteiger partial charge in [-0.15, -0.1) is 0 Å². The second-order valence-corrected chi connectivity index (χ2v) is 6.16. The summed E-state index contributed by atoms with van der Waals surface area (Å²) in [6.45, 7) is 5.74. The van der Waals surface area contributed by atoms with Gasteiger partial charge >= 0.3 is 0 Å². The molecule has 3 nitrogen and oxygen atoms in total. The summed E-state index contributed by atoms with van der Waals surface area (Å²) in [6, 6.07) is 6.92. The number of rotatable bonds is 2. The van der Waals surface area contributed by atoms with Crippen molar-refractivity contribution in [2.75, 3.05) is 24.5 Å². The van der Waals surface area contributed by atoms with E-state index in [9.17, 15) is 5.11 Å². The Bertz CT molecular complexity index is 465. The highest BCUT2D eigenvalue weighted by atomic mass is 35.5. The molecule has 2 heterocycles. The Kier molecular flexibility index (Phi) is 3.70. The van der Waals surface area contributed by atoms with Crippen molar-refractivity contribution in [2.24, 2.45) is 0 Å². The van der Waals surface area contributed by atoms with E-state index < -0.39 is 0 Å². The Labute approximate surface area is 119 Å². The summed E-state index contributed by atoms with van der Waals surface area (Å²) in [5.41, 5.74) is 2.08. The molecule has 2 aliphatic rings. The lowest BCUT2D eigenvalue weighted by atomic mass is 10.0. The van der Waals surface area contributed by atoms with Crippen molar-refractivity contribution < 1.29 is 5.11 Å². The highest BCUT2D eigenvalue weighted by molar-refractivity contribution is 6.30. The van der Waals surface area contributed by atoms with Gasteiger partial charge < -0.3 is 10.0 Å². The summed E-state index contributed by atoms with van der Waals surface area (Å²) < 4.78 is 0. The van der Waals surface area contributed by atoms with E-state index in [1.165, 1.54) is 19.4 Å². The summed E-state index contributed by atoms with van der Waals surface area (Å²) in [4.78, 5) is 5.02. The quantitative estimate of drug-likeness (QED) is 0.902. The topological polar surface area (TPSA) is 26.7 Å². The molecule has 0 bridgehead atoms. The fourth-order valence-corrected chi connectivity index (χ4v) is 3.63. The van der Waals surface area contributed by atoms with Gasteiger partial charge in [0.15, 0.2) is 0 Å². The average Bonchev–Trinajstić information content (AvgIpc) is 2.84. The third-order valence-corrected chi connectivity index (χ3v) is 4.70. The molecule has 2 saturated heterocycles. The van der Waals surface area contributed by atoms with Crippen LogP contribution in [0.1, 0.15) is 25.3 Å². The Balaban J connectivity index is 1.90. The summed E-state index contributed by atoms with van der Waals surface area (Å²) in [7, 11) is 0. The van der Waals surface area contributed by atoms with E-state index >= 15 is 0 Å². The lowest BCUT2D eigenvalue weighted by Gasteiger charge is -2.44. The maximum absolute atomic E-state index is 9.53. The summed E-state index contributed by atoms with van der Waals surface area (Å²) in [5, 5.41) is 10.3. The third-order valence-electron chi connectivity index (χ3n) is 4.46. The SMILES string of the molecule is CC1CN2CCCC2CN1c1cc(Cl)ccc1CO. The van der Waals surface area contributed by atoms with Gasteiger partial charge in [-0.05, 0) is 38.4 Å². The molecule has 1 aromatic carbocycles. The molecule has 0 aliphatic carbocycles. The van der Waals surface area contributed by atoms with Gasteiger partial charge in [0.2, 0.25) is 0 Å². The number of fused-ring (bicyclic) bond motifs is 1. The van der Waals surface area contributed by atoms with Gasteiger partial charge in [-0.25, -0.2) is 0 Å². The average molecular weight is 281 g/mol. The maximum atomic E-state index is 9.53. The number of nitrogens with zero attached hydrogens (tertiary/aromatic N) is 2. The van der Waals surface area contributed by atoms with Crippen LogP contribution >= 0.6 is 11.6 Å². The van der Waals surface area contributed by atoms with Crippen molar-refractivity contribution in [3.05, 3.63) is 28.8 Å². The molecule has 1 N–H and O–H groups in total. The van der Waals surface area contributed by atoms with Crippen LogP contribution in [0, 0.1) is 0 Å². The second-order valence-electron chi connectivity index (χ2n) is 5.72. The molecule has 0 aromatic heterocycles. The molecular formula is C15H21ClN2O. The number of aliphatic hydroxyl groups is 1. The first-order valence-corrected chi connectivity index (χ1v) is 7.47. The molecule has 0 amide bonds. The Hall–Kier alpha value is -0.770. The Morgan fingerprint density at radius 2 is 2.21 bits per heavy atom. The molecule has 2 unspecified atom stereocenters. The zero-order valence-corrected chi connectivity index (χ0v) is 12.1. The number of aliphatic hydroxyl groups excluding tert-OH is 1. The maximum Gasteiger partial charge on any atom is 0.0702 e. The molecule has 104 valence electrons. The minimum atomic E-state index is 0.0735. The van der Waals surface area contributed by atoms with Gasteiger partial charge in [-0.3, -0.25) is 4.90 Å². The van der Waals surface area contributed by atoms with Gasteiger partial charge in [-0.1, -0.05) is 17.7 Å². The van der Waals surface area contributed by atoms with Crippen LogP contribution in [0.4, 0.5) is 5.69 Å². The van der Waals surface area contributed by atoms with Crippen molar-refractivity contribution in [3.63, 3.8) is 0 Å². The van der Waals surface area contributed by atoms with E-state index in [1.54, 1.807) is 0 Å². The number of hydrogen-bond acceptors (Lipinski definition) is 3. The number of hydrogen-bond donors (Lipinski definition) is 1. The van der Waals surface area contributed by atoms with Crippen LogP contribution in [0.5, 0.6) is 0 Å². The number of benzene rings is 1. The zero-order chi connectivity index (χ0) is 13.4. The van der Waals surface area contributed by atoms with Gasteiger partial charge in [0.25, 0.3) is 0 Å². The van der Waals surface area contributed by atoms with Crippen LogP contribution in [0.3, 0.4) is 0 Å². The van der Waals surface area contributed by atoms with Crippen molar-refractivity contribution in [1.82, 2.24) is 4.90 Å². The van der Waals surface area contributed by atoms with Crippen LogP contribution in [-0.4, -0.2) is 41.7 Å². The predicted molar refractivity (Wildman–Crippen MR) is 78.8 cm³/mol. The summed E-state index contributed by atoms with van der Waals surface area (Å²) in [5.74, 6) is 0. The van der Waals surface area contributed by atoms with Crippen LogP contribution in [0.15, 0.2) is 18.2 Å². The van der Waals surface area contributed by atoms with E-state index in [-0.39, 0.29) is 6.61 Å². The van der Waals surface area contributed by atoms with Crippen molar-refractivity contribution in [1.29, 1.82) is 0 Å². The standard InChI is InChI=1S/C15H21ClN2O/c1-11-8-17-6-2-3-14(17)9-18(11)15-7-13(16)5-4-12(15)10-19/h4-5,7,11,14,19H,2-3,6,8-10H2,1H3. The fourth-order valence-electron chi connectivity index (χ4n) is 3.46. The molecule has 4 heteroatoms. The van der Waals surface area contributed by atoms with Crippen LogP contribution in [0.25, 0.3) is 0 Å². The third kappa shape index (κ3) is 2.47. The number of anilines is 1. The molecule has 2 fully saturated rings. The molecule has 2 atom stereocenters. The largest absolute Gasteiger partial charge is 0.392 e. The Morgan fingerprint density at radius 1 is 1.37 bits per heavy atom. The molecule has 0 radical (unpaired) electrons. The van der Waals surface area contributed by atoms with Gasteiger partial charge in [0.05, 0.1) is 6.61 Å². The van der Waals surface area contributed by atoms with E-state index in [1.807, 2.05) is 18.2 Å². The van der Waals surface area contributed by atoms with E-state index in [0.717, 1.165) is 29.4 Å². The van der Waals surface area contributed by atoms with Crippen LogP contribution in [0.2, 0.25) is 5.02 Å². The molecule has 3 rings (SSSR count). The molecule has 2 aliphatic heterocycles. The highest BCUT2D eigenvalue weighted by Crippen LogP contribution is 2.32. The van der Waals surface area contributed by atoms with Gasteiger partial charge in [-0.2, -0.15) is 0 Å². The van der Waals surface area contributed by atoms with E-state index in [2.05, 4.69) is 16.7 Å². The lowest BCUT2D eigenvalue weighted by Crippen LogP contribution is -2.55. The fraction of sp³-hybridized carbons (Fsp3) is 0.600. The predicted octanol–water partition coefficient (Wildman–Crippen LogP) is 2.51. The molecule has 1 aromatic rings. The zero-order valence-electron chi connectivity index (χ0n) is 11.3. The molecule has 19 heavy (non-hydrogen) atoms. The first-order valence-electron chi connectivity index (χ1n) is 7.09. The highest BCUT2D eigenvalue weighted by Gasteiger charge is 2.35. The van der Waals surface area contributed by atoms with Gasteiger partial charge in [0, 0.05) is 41.4 Å². The first-order chi connectivity index (χ1) is 9.19. The Morgan fingerprint density at radius 3 is 3.00 bits per heavy atom. The van der Waals surface area contributed by atoms with Crippen molar-refractivity contribution in [2.45, 2.75) is 38.5 Å². The van der Waals surface area contributed by atoms with Crippen molar-refractivity contribution in [3.8, 4) is 0 Å². The summed E-state index contributed by atoms with van der Waals surface area (Å²) >= 11 is 6.13. The van der Waals surface area contributed by atoms with Crippen LogP contribution in [-0.2, 0) is 6.61 Å². The second kappa shape index (κ2) is 5.31. The molecular weight excluding hydrogens is 260 g/mol. The monoisotopic (exact) mass is 280 g/mol. The number of halogens is 1. The minimum absolute atomic E-state index is 0.0735. The van der Waals surface area contributed by atoms with Gasteiger partial charge in [0.1, 0.15) is 0 Å². The lowest BCUT2D eigenvalue weighted by molar-refractivity contribution is 0.202. The van der Waals surface area contributed by atoms with Crippen molar-refractivity contribution >= 4 is 17.3 Å².